The molecule has 0 aliphatic heterocycles. The van der Waals surface area contributed by atoms with Gasteiger partial charge in [-0.3, -0.25) is 0 Å². The number of rotatable bonds is 3. The molecule has 3 heteroatoms. The van der Waals surface area contributed by atoms with Crippen LogP contribution in [0.4, 0.5) is 0 Å². The summed E-state index contributed by atoms with van der Waals surface area (Å²) in [4.78, 5) is 0.970. The zero-order valence-electron chi connectivity index (χ0n) is 8.28. The summed E-state index contributed by atoms with van der Waals surface area (Å²) in [7, 11) is -1.48. The number of alkyl halides is 1. The molecule has 0 aromatic rings. The molecule has 12 heavy (non-hydrogen) atoms. The minimum Gasteiger partial charge on any atom is -0.403 e. The standard InChI is InChI=1S/C9H17BrOSi/c1-5-6-7-9(2)11-12(3,4)8-10/h9H,5,8H2,1-4H3. The first-order valence-corrected chi connectivity index (χ1v) is 8.47. The van der Waals surface area contributed by atoms with Gasteiger partial charge in [-0.1, -0.05) is 28.8 Å². The second-order valence-electron chi connectivity index (χ2n) is 3.33. The molecule has 0 N–H and O–H groups in total. The van der Waals surface area contributed by atoms with Gasteiger partial charge in [0.15, 0.2) is 8.32 Å². The lowest BCUT2D eigenvalue weighted by Gasteiger charge is -2.22. The second-order valence-corrected chi connectivity index (χ2v) is 9.03. The van der Waals surface area contributed by atoms with E-state index in [4.69, 9.17) is 4.43 Å². The zero-order valence-corrected chi connectivity index (χ0v) is 10.9. The van der Waals surface area contributed by atoms with E-state index in [9.17, 15) is 0 Å². The van der Waals surface area contributed by atoms with Crippen LogP contribution in [0.15, 0.2) is 0 Å². The molecule has 0 radical (unpaired) electrons. The van der Waals surface area contributed by atoms with E-state index >= 15 is 0 Å². The molecule has 1 unspecified atom stereocenters. The Morgan fingerprint density at radius 3 is 2.50 bits per heavy atom. The molecule has 1 nitrogen and oxygen atoms in total. The van der Waals surface area contributed by atoms with Crippen LogP contribution in [0, 0.1) is 11.8 Å². The van der Waals surface area contributed by atoms with Crippen molar-refractivity contribution in [3.8, 4) is 11.8 Å². The Labute approximate surface area is 85.1 Å². The van der Waals surface area contributed by atoms with E-state index in [2.05, 4.69) is 40.9 Å². The van der Waals surface area contributed by atoms with Crippen molar-refractivity contribution in [3.63, 3.8) is 0 Å². The van der Waals surface area contributed by atoms with E-state index < -0.39 is 8.32 Å². The van der Waals surface area contributed by atoms with Gasteiger partial charge in [0, 0.05) is 11.4 Å². The van der Waals surface area contributed by atoms with Crippen LogP contribution in [0.3, 0.4) is 0 Å². The van der Waals surface area contributed by atoms with E-state index in [-0.39, 0.29) is 6.10 Å². The first-order chi connectivity index (χ1) is 5.52. The molecule has 0 aliphatic rings. The van der Waals surface area contributed by atoms with Crippen LogP contribution in [0.1, 0.15) is 20.3 Å². The van der Waals surface area contributed by atoms with Crippen molar-refractivity contribution in [1.82, 2.24) is 0 Å². The van der Waals surface area contributed by atoms with Gasteiger partial charge in [0.2, 0.25) is 0 Å². The second kappa shape index (κ2) is 5.79. The van der Waals surface area contributed by atoms with E-state index in [1.165, 1.54) is 0 Å². The average molecular weight is 249 g/mol. The molecule has 70 valence electrons. The van der Waals surface area contributed by atoms with Gasteiger partial charge in [0.1, 0.15) is 6.10 Å². The highest BCUT2D eigenvalue weighted by molar-refractivity contribution is 9.09. The van der Waals surface area contributed by atoms with Crippen LogP contribution < -0.4 is 0 Å². The Kier molecular flexibility index (Phi) is 5.90. The summed E-state index contributed by atoms with van der Waals surface area (Å²) in [6, 6.07) is 0. The molecule has 0 saturated heterocycles. The average Bonchev–Trinajstić information content (AvgIpc) is 2.00. The highest BCUT2D eigenvalue weighted by atomic mass is 79.9. The van der Waals surface area contributed by atoms with Crippen molar-refractivity contribution >= 4 is 24.2 Å². The lowest BCUT2D eigenvalue weighted by atomic mass is 10.4. The van der Waals surface area contributed by atoms with Gasteiger partial charge in [0.25, 0.3) is 0 Å². The highest BCUT2D eigenvalue weighted by Crippen LogP contribution is 2.10. The lowest BCUT2D eigenvalue weighted by molar-refractivity contribution is 0.271. The molecule has 1 atom stereocenters. The Morgan fingerprint density at radius 2 is 2.08 bits per heavy atom. The van der Waals surface area contributed by atoms with E-state index in [0.29, 0.717) is 0 Å². The largest absolute Gasteiger partial charge is 0.403 e. The monoisotopic (exact) mass is 248 g/mol. The van der Waals surface area contributed by atoms with E-state index in [1.54, 1.807) is 0 Å². The molecular formula is C9H17BrOSi. The normalized spacial score (nSPS) is 13.4. The molecule has 0 aromatic carbocycles. The van der Waals surface area contributed by atoms with Crippen molar-refractivity contribution < 1.29 is 4.43 Å². The van der Waals surface area contributed by atoms with E-state index in [1.807, 2.05) is 13.8 Å². The Balaban J connectivity index is 3.91. The Hall–Kier alpha value is 0.217. The van der Waals surface area contributed by atoms with Gasteiger partial charge in [-0.05, 0) is 20.0 Å². The van der Waals surface area contributed by atoms with Crippen LogP contribution in [0.2, 0.25) is 13.1 Å². The molecule has 0 heterocycles. The maximum absolute atomic E-state index is 5.81. The van der Waals surface area contributed by atoms with Gasteiger partial charge in [-0.15, -0.1) is 5.92 Å². The third kappa shape index (κ3) is 5.82. The third-order valence-electron chi connectivity index (χ3n) is 1.30. The fourth-order valence-corrected chi connectivity index (χ4v) is 2.26. The number of halogens is 1. The van der Waals surface area contributed by atoms with Crippen LogP contribution in [-0.2, 0) is 4.43 Å². The smallest absolute Gasteiger partial charge is 0.198 e. The van der Waals surface area contributed by atoms with Gasteiger partial charge in [-0.2, -0.15) is 0 Å². The molecule has 0 bridgehead atoms. The summed E-state index contributed by atoms with van der Waals surface area (Å²) in [5, 5.41) is 0. The molecular weight excluding hydrogens is 232 g/mol. The summed E-state index contributed by atoms with van der Waals surface area (Å²) >= 11 is 3.46. The lowest BCUT2D eigenvalue weighted by Crippen LogP contribution is -2.36. The fraction of sp³-hybridized carbons (Fsp3) is 0.778. The molecule has 0 amide bonds. The minimum absolute atomic E-state index is 0.0872. The van der Waals surface area contributed by atoms with Crippen molar-refractivity contribution in [2.24, 2.45) is 0 Å². The molecule has 0 fully saturated rings. The predicted molar refractivity (Wildman–Crippen MR) is 59.9 cm³/mol. The van der Waals surface area contributed by atoms with Gasteiger partial charge < -0.3 is 4.43 Å². The minimum atomic E-state index is -1.48. The third-order valence-corrected chi connectivity index (χ3v) is 6.99. The summed E-state index contributed by atoms with van der Waals surface area (Å²) in [6.45, 7) is 8.44. The molecule has 0 rings (SSSR count). The topological polar surface area (TPSA) is 9.23 Å². The fourth-order valence-electron chi connectivity index (χ4n) is 0.785. The highest BCUT2D eigenvalue weighted by Gasteiger charge is 2.22. The molecule has 0 spiro atoms. The maximum atomic E-state index is 5.81. The summed E-state index contributed by atoms with van der Waals surface area (Å²) < 4.78 is 5.81. The summed E-state index contributed by atoms with van der Waals surface area (Å²) in [6.07, 6.45) is 0.994. The van der Waals surface area contributed by atoms with Crippen LogP contribution in [0.25, 0.3) is 0 Å². The summed E-state index contributed by atoms with van der Waals surface area (Å²) in [5.74, 6) is 6.09. The van der Waals surface area contributed by atoms with Crippen molar-refractivity contribution in [1.29, 1.82) is 0 Å². The zero-order chi connectivity index (χ0) is 9.61. The first kappa shape index (κ1) is 12.2. The Bertz CT molecular complexity index is 181. The Morgan fingerprint density at radius 1 is 1.50 bits per heavy atom. The SMILES string of the molecule is CCC#CC(C)O[Si](C)(C)CBr. The summed E-state index contributed by atoms with van der Waals surface area (Å²) in [5.41, 5.74) is 0. The number of hydrogen-bond donors (Lipinski definition) is 0. The molecule has 0 aromatic heterocycles. The molecule has 0 aliphatic carbocycles. The van der Waals surface area contributed by atoms with E-state index in [0.717, 1.165) is 11.4 Å². The maximum Gasteiger partial charge on any atom is 0.198 e. The van der Waals surface area contributed by atoms with Gasteiger partial charge in [-0.25, -0.2) is 0 Å². The first-order valence-electron chi connectivity index (χ1n) is 4.24. The van der Waals surface area contributed by atoms with Crippen molar-refractivity contribution in [3.05, 3.63) is 0 Å². The quantitative estimate of drug-likeness (QED) is 0.424. The van der Waals surface area contributed by atoms with Crippen LogP contribution in [0.5, 0.6) is 0 Å². The van der Waals surface area contributed by atoms with Gasteiger partial charge >= 0.3 is 0 Å². The van der Waals surface area contributed by atoms with Crippen LogP contribution in [-0.4, -0.2) is 19.4 Å². The number of hydrogen-bond acceptors (Lipinski definition) is 1. The van der Waals surface area contributed by atoms with Gasteiger partial charge in [0.05, 0.1) is 0 Å². The van der Waals surface area contributed by atoms with Crippen molar-refractivity contribution in [2.75, 3.05) is 4.95 Å². The van der Waals surface area contributed by atoms with Crippen LogP contribution >= 0.6 is 15.9 Å². The predicted octanol–water partition coefficient (Wildman–Crippen LogP) is 2.94. The van der Waals surface area contributed by atoms with Crippen molar-refractivity contribution in [2.45, 2.75) is 39.5 Å². The molecule has 0 saturated carbocycles.